The van der Waals surface area contributed by atoms with Crippen molar-refractivity contribution in [1.29, 1.82) is 0 Å². The molecule has 3 N–H and O–H groups in total. The number of nitrogens with two attached hydrogens (primary N) is 1. The Labute approximate surface area is 133 Å². The molecule has 2 heterocycles. The number of hydrogen-bond acceptors (Lipinski definition) is 4. The third kappa shape index (κ3) is 2.75. The van der Waals surface area contributed by atoms with Crippen LogP contribution in [-0.2, 0) is 12.8 Å². The smallest absolute Gasteiger partial charge is 0.292 e. The molecule has 0 fully saturated rings. The lowest BCUT2D eigenvalue weighted by Gasteiger charge is -2.11. The quantitative estimate of drug-likeness (QED) is 0.870. The highest BCUT2D eigenvalue weighted by atomic mass is 79.9. The molecule has 1 aliphatic rings. The second kappa shape index (κ2) is 5.65. The molecule has 3 rings (SSSR count). The van der Waals surface area contributed by atoms with Crippen molar-refractivity contribution in [3.05, 3.63) is 38.6 Å². The van der Waals surface area contributed by atoms with Crippen molar-refractivity contribution in [3.8, 4) is 0 Å². The van der Waals surface area contributed by atoms with E-state index in [0.29, 0.717) is 15.2 Å². The average molecular weight is 369 g/mol. The molecule has 7 heteroatoms. The van der Waals surface area contributed by atoms with E-state index in [0.717, 1.165) is 36.1 Å². The van der Waals surface area contributed by atoms with Crippen LogP contribution in [-0.4, -0.2) is 11.8 Å². The van der Waals surface area contributed by atoms with Crippen molar-refractivity contribution >= 4 is 44.1 Å². The minimum Gasteiger partial charge on any atom is -0.444 e. The number of amides is 2. The normalized spacial score (nSPS) is 13.8. The number of fused-ring (bicyclic) bond motifs is 1. The molecule has 0 aliphatic heterocycles. The number of primary amides is 1. The number of thiophene rings is 1. The molecule has 0 spiro atoms. The predicted octanol–water partition coefficient (Wildman–Crippen LogP) is 3.33. The van der Waals surface area contributed by atoms with Crippen LogP contribution in [0.5, 0.6) is 0 Å². The average Bonchev–Trinajstić information content (AvgIpc) is 3.01. The Balaban J connectivity index is 1.93. The van der Waals surface area contributed by atoms with E-state index < -0.39 is 5.91 Å². The summed E-state index contributed by atoms with van der Waals surface area (Å²) in [5.74, 6) is -0.698. The molecule has 0 aromatic carbocycles. The minimum absolute atomic E-state index is 0.184. The van der Waals surface area contributed by atoms with Crippen LogP contribution in [0.4, 0.5) is 5.00 Å². The van der Waals surface area contributed by atoms with Gasteiger partial charge in [0.25, 0.3) is 11.8 Å². The maximum atomic E-state index is 12.1. The monoisotopic (exact) mass is 368 g/mol. The van der Waals surface area contributed by atoms with Gasteiger partial charge in [0.05, 0.1) is 5.56 Å². The summed E-state index contributed by atoms with van der Waals surface area (Å²) >= 11 is 4.59. The number of halogens is 1. The van der Waals surface area contributed by atoms with E-state index in [1.807, 2.05) is 0 Å². The van der Waals surface area contributed by atoms with Crippen molar-refractivity contribution in [2.75, 3.05) is 5.32 Å². The fourth-order valence-electron chi connectivity index (χ4n) is 2.52. The lowest BCUT2D eigenvalue weighted by Crippen LogP contribution is -2.18. The molecule has 2 amide bonds. The van der Waals surface area contributed by atoms with Gasteiger partial charge in [0.2, 0.25) is 0 Å². The molecule has 0 radical (unpaired) electrons. The third-order valence-corrected chi connectivity index (χ3v) is 5.08. The summed E-state index contributed by atoms with van der Waals surface area (Å²) in [6.07, 6.45) is 3.92. The SMILES string of the molecule is NC(=O)c1c(NC(=O)c2ccc(Br)o2)sc2c1CCCC2. The Hall–Kier alpha value is -1.60. The fraction of sp³-hybridized carbons (Fsp3) is 0.286. The van der Waals surface area contributed by atoms with Crippen LogP contribution >= 0.6 is 27.3 Å². The number of furan rings is 1. The summed E-state index contributed by atoms with van der Waals surface area (Å²) in [6.45, 7) is 0. The molecule has 0 atom stereocenters. The number of rotatable bonds is 3. The Morgan fingerprint density at radius 1 is 1.29 bits per heavy atom. The number of carbonyl (C=O) groups is 2. The van der Waals surface area contributed by atoms with Crippen molar-refractivity contribution in [2.45, 2.75) is 25.7 Å². The molecule has 0 saturated carbocycles. The van der Waals surface area contributed by atoms with Gasteiger partial charge in [0, 0.05) is 4.88 Å². The van der Waals surface area contributed by atoms with Crippen LogP contribution in [0, 0.1) is 0 Å². The van der Waals surface area contributed by atoms with E-state index >= 15 is 0 Å². The van der Waals surface area contributed by atoms with Crippen LogP contribution in [0.2, 0.25) is 0 Å². The standard InChI is InChI=1S/C14H13BrN2O3S/c15-10-6-5-8(20-10)13(19)17-14-11(12(16)18)7-3-1-2-4-9(7)21-14/h5-6H,1-4H2,(H2,16,18)(H,17,19). The molecule has 2 aromatic heterocycles. The highest BCUT2D eigenvalue weighted by Crippen LogP contribution is 2.38. The topological polar surface area (TPSA) is 85.3 Å². The van der Waals surface area contributed by atoms with Gasteiger partial charge < -0.3 is 15.5 Å². The molecular formula is C14H13BrN2O3S. The summed E-state index contributed by atoms with van der Waals surface area (Å²) in [4.78, 5) is 25.0. The molecule has 2 aromatic rings. The van der Waals surface area contributed by atoms with Gasteiger partial charge in [0.1, 0.15) is 5.00 Å². The Morgan fingerprint density at radius 3 is 2.71 bits per heavy atom. The first-order valence-corrected chi connectivity index (χ1v) is 8.18. The first kappa shape index (κ1) is 14.3. The minimum atomic E-state index is -0.495. The van der Waals surface area contributed by atoms with Crippen LogP contribution in [0.25, 0.3) is 0 Å². The van der Waals surface area contributed by atoms with E-state index in [9.17, 15) is 9.59 Å². The Morgan fingerprint density at radius 2 is 2.05 bits per heavy atom. The van der Waals surface area contributed by atoms with Gasteiger partial charge in [-0.15, -0.1) is 11.3 Å². The van der Waals surface area contributed by atoms with Crippen molar-refractivity contribution < 1.29 is 14.0 Å². The Bertz CT molecular complexity index is 720. The number of hydrogen-bond donors (Lipinski definition) is 2. The zero-order valence-corrected chi connectivity index (χ0v) is 13.5. The van der Waals surface area contributed by atoms with Crippen LogP contribution in [0.15, 0.2) is 21.2 Å². The lowest BCUT2D eigenvalue weighted by atomic mass is 9.95. The zero-order chi connectivity index (χ0) is 15.0. The predicted molar refractivity (Wildman–Crippen MR) is 83.8 cm³/mol. The maximum Gasteiger partial charge on any atom is 0.292 e. The van der Waals surface area contributed by atoms with Crippen molar-refractivity contribution in [1.82, 2.24) is 0 Å². The van der Waals surface area contributed by atoms with Gasteiger partial charge in [-0.05, 0) is 59.3 Å². The number of carbonyl (C=O) groups excluding carboxylic acids is 2. The summed E-state index contributed by atoms with van der Waals surface area (Å²) in [5.41, 5.74) is 6.93. The molecule has 5 nitrogen and oxygen atoms in total. The highest BCUT2D eigenvalue weighted by Gasteiger charge is 2.25. The van der Waals surface area contributed by atoms with E-state index in [1.165, 1.54) is 11.3 Å². The van der Waals surface area contributed by atoms with E-state index in [2.05, 4.69) is 21.2 Å². The zero-order valence-electron chi connectivity index (χ0n) is 11.1. The van der Waals surface area contributed by atoms with Crippen LogP contribution in [0.3, 0.4) is 0 Å². The highest BCUT2D eigenvalue weighted by molar-refractivity contribution is 9.10. The summed E-state index contributed by atoms with van der Waals surface area (Å²) in [7, 11) is 0. The van der Waals surface area contributed by atoms with E-state index in [1.54, 1.807) is 12.1 Å². The number of nitrogens with one attached hydrogen (secondary N) is 1. The molecular weight excluding hydrogens is 356 g/mol. The molecule has 1 aliphatic carbocycles. The maximum absolute atomic E-state index is 12.1. The molecule has 0 unspecified atom stereocenters. The second-order valence-electron chi connectivity index (χ2n) is 4.84. The first-order valence-electron chi connectivity index (χ1n) is 6.57. The van der Waals surface area contributed by atoms with E-state index in [4.69, 9.17) is 10.2 Å². The lowest BCUT2D eigenvalue weighted by molar-refractivity contribution is 0.0996. The van der Waals surface area contributed by atoms with Crippen LogP contribution in [0.1, 0.15) is 44.2 Å². The molecule has 0 bridgehead atoms. The number of anilines is 1. The van der Waals surface area contributed by atoms with Gasteiger partial charge in [0.15, 0.2) is 10.4 Å². The summed E-state index contributed by atoms with van der Waals surface area (Å²) in [5, 5.41) is 3.26. The van der Waals surface area contributed by atoms with Crippen molar-refractivity contribution in [2.24, 2.45) is 5.73 Å². The second-order valence-corrected chi connectivity index (χ2v) is 6.72. The van der Waals surface area contributed by atoms with Crippen molar-refractivity contribution in [3.63, 3.8) is 0 Å². The van der Waals surface area contributed by atoms with Gasteiger partial charge in [-0.25, -0.2) is 0 Å². The third-order valence-electron chi connectivity index (χ3n) is 3.44. The van der Waals surface area contributed by atoms with Gasteiger partial charge in [-0.3, -0.25) is 9.59 Å². The Kier molecular flexibility index (Phi) is 3.86. The largest absolute Gasteiger partial charge is 0.444 e. The molecule has 0 saturated heterocycles. The molecule has 21 heavy (non-hydrogen) atoms. The van der Waals surface area contributed by atoms with E-state index in [-0.39, 0.29) is 11.7 Å². The molecule has 110 valence electrons. The van der Waals surface area contributed by atoms with Gasteiger partial charge in [-0.1, -0.05) is 0 Å². The number of aryl methyl sites for hydroxylation is 1. The van der Waals surface area contributed by atoms with Crippen LogP contribution < -0.4 is 11.1 Å². The summed E-state index contributed by atoms with van der Waals surface area (Å²) < 4.78 is 5.69. The van der Waals surface area contributed by atoms with Gasteiger partial charge in [-0.2, -0.15) is 0 Å². The first-order chi connectivity index (χ1) is 10.1. The fourth-order valence-corrected chi connectivity index (χ4v) is 4.11. The van der Waals surface area contributed by atoms with Gasteiger partial charge >= 0.3 is 0 Å². The summed E-state index contributed by atoms with van der Waals surface area (Å²) in [6, 6.07) is 3.21.